The first-order valence-corrected chi connectivity index (χ1v) is 9.41. The molecule has 0 aliphatic heterocycles. The molecule has 0 aliphatic carbocycles. The standard InChI is InChI=1S/C20H19BrN4O2/c21-17-7-5-16(6-8-17)18-9-10-20(27)25(24-18)12-2-4-19(26)23-14-15-3-1-11-22-13-15/h1,3,5-11,13H,2,4,12,14H2,(H,23,26). The summed E-state index contributed by atoms with van der Waals surface area (Å²) in [6.45, 7) is 0.841. The van der Waals surface area contributed by atoms with Crippen molar-refractivity contribution in [3.63, 3.8) is 0 Å². The lowest BCUT2D eigenvalue weighted by Gasteiger charge is -2.08. The molecule has 0 bridgehead atoms. The molecule has 0 fully saturated rings. The zero-order chi connectivity index (χ0) is 19.1. The van der Waals surface area contributed by atoms with Crippen LogP contribution in [-0.2, 0) is 17.9 Å². The van der Waals surface area contributed by atoms with Gasteiger partial charge in [0.1, 0.15) is 0 Å². The maximum absolute atomic E-state index is 12.0. The van der Waals surface area contributed by atoms with E-state index < -0.39 is 0 Å². The number of benzene rings is 1. The first-order valence-electron chi connectivity index (χ1n) is 8.61. The molecule has 27 heavy (non-hydrogen) atoms. The van der Waals surface area contributed by atoms with E-state index in [1.54, 1.807) is 18.5 Å². The van der Waals surface area contributed by atoms with E-state index in [4.69, 9.17) is 0 Å². The third-order valence-corrected chi connectivity index (χ3v) is 4.52. The second kappa shape index (κ2) is 9.23. The van der Waals surface area contributed by atoms with E-state index in [2.05, 4.69) is 31.3 Å². The van der Waals surface area contributed by atoms with Crippen LogP contribution in [0.1, 0.15) is 18.4 Å². The minimum atomic E-state index is -0.174. The van der Waals surface area contributed by atoms with Crippen molar-refractivity contribution >= 4 is 21.8 Å². The van der Waals surface area contributed by atoms with E-state index in [9.17, 15) is 9.59 Å². The van der Waals surface area contributed by atoms with Crippen LogP contribution in [0.2, 0.25) is 0 Å². The van der Waals surface area contributed by atoms with Gasteiger partial charge in [0.05, 0.1) is 5.69 Å². The molecule has 0 unspecified atom stereocenters. The molecule has 0 saturated heterocycles. The molecule has 6 nitrogen and oxygen atoms in total. The van der Waals surface area contributed by atoms with Crippen LogP contribution in [0, 0.1) is 0 Å². The van der Waals surface area contributed by atoms with Gasteiger partial charge < -0.3 is 5.32 Å². The van der Waals surface area contributed by atoms with Crippen molar-refractivity contribution in [2.45, 2.75) is 25.9 Å². The van der Waals surface area contributed by atoms with Crippen molar-refractivity contribution in [2.75, 3.05) is 0 Å². The number of nitrogens with one attached hydrogen (secondary N) is 1. The summed E-state index contributed by atoms with van der Waals surface area (Å²) in [6.07, 6.45) is 4.28. The number of hydrogen-bond acceptors (Lipinski definition) is 4. The predicted molar refractivity (Wildman–Crippen MR) is 107 cm³/mol. The Bertz CT molecular complexity index is 956. The van der Waals surface area contributed by atoms with Gasteiger partial charge in [-0.05, 0) is 36.2 Å². The normalized spacial score (nSPS) is 10.6. The number of carbonyl (C=O) groups excluding carboxylic acids is 1. The van der Waals surface area contributed by atoms with Crippen molar-refractivity contribution < 1.29 is 4.79 Å². The largest absolute Gasteiger partial charge is 0.352 e. The number of rotatable bonds is 7. The van der Waals surface area contributed by atoms with E-state index in [1.165, 1.54) is 10.7 Å². The van der Waals surface area contributed by atoms with Gasteiger partial charge in [0.2, 0.25) is 5.91 Å². The molecule has 7 heteroatoms. The van der Waals surface area contributed by atoms with E-state index in [0.717, 1.165) is 21.3 Å². The summed E-state index contributed by atoms with van der Waals surface area (Å²) in [7, 11) is 0. The van der Waals surface area contributed by atoms with E-state index in [1.807, 2.05) is 36.4 Å². The molecule has 1 amide bonds. The van der Waals surface area contributed by atoms with Crippen LogP contribution in [0.4, 0.5) is 0 Å². The molecule has 0 radical (unpaired) electrons. The Hall–Kier alpha value is -2.80. The van der Waals surface area contributed by atoms with Gasteiger partial charge in [-0.1, -0.05) is 34.1 Å². The van der Waals surface area contributed by atoms with Gasteiger partial charge in [-0.2, -0.15) is 5.10 Å². The average Bonchev–Trinajstić information content (AvgIpc) is 2.69. The second-order valence-electron chi connectivity index (χ2n) is 6.03. The Morgan fingerprint density at radius 1 is 1.11 bits per heavy atom. The van der Waals surface area contributed by atoms with Gasteiger partial charge in [0.15, 0.2) is 0 Å². The van der Waals surface area contributed by atoms with E-state index >= 15 is 0 Å². The molecule has 2 aromatic heterocycles. The molecular weight excluding hydrogens is 408 g/mol. The maximum Gasteiger partial charge on any atom is 0.266 e. The Labute approximate surface area is 165 Å². The number of halogens is 1. The molecule has 3 aromatic rings. The van der Waals surface area contributed by atoms with Gasteiger partial charge >= 0.3 is 0 Å². The molecule has 3 rings (SSSR count). The van der Waals surface area contributed by atoms with Crippen molar-refractivity contribution in [3.05, 3.63) is 81.3 Å². The van der Waals surface area contributed by atoms with Crippen LogP contribution < -0.4 is 10.9 Å². The van der Waals surface area contributed by atoms with Gasteiger partial charge in [0, 0.05) is 48.0 Å². The number of aryl methyl sites for hydroxylation is 1. The molecule has 138 valence electrons. The average molecular weight is 427 g/mol. The highest BCUT2D eigenvalue weighted by Gasteiger charge is 2.06. The van der Waals surface area contributed by atoms with Crippen LogP contribution in [0.5, 0.6) is 0 Å². The predicted octanol–water partition coefficient (Wildman–Crippen LogP) is 3.16. The highest BCUT2D eigenvalue weighted by atomic mass is 79.9. The van der Waals surface area contributed by atoms with Crippen LogP contribution in [0.15, 0.2) is 70.2 Å². The highest BCUT2D eigenvalue weighted by molar-refractivity contribution is 9.10. The first-order chi connectivity index (χ1) is 13.1. The van der Waals surface area contributed by atoms with E-state index in [0.29, 0.717) is 25.9 Å². The lowest BCUT2D eigenvalue weighted by molar-refractivity contribution is -0.121. The smallest absolute Gasteiger partial charge is 0.266 e. The quantitative estimate of drug-likeness (QED) is 0.629. The zero-order valence-corrected chi connectivity index (χ0v) is 16.2. The lowest BCUT2D eigenvalue weighted by Crippen LogP contribution is -2.25. The minimum absolute atomic E-state index is 0.0593. The summed E-state index contributed by atoms with van der Waals surface area (Å²) >= 11 is 3.40. The van der Waals surface area contributed by atoms with Gasteiger partial charge in [-0.25, -0.2) is 4.68 Å². The topological polar surface area (TPSA) is 76.9 Å². The SMILES string of the molecule is O=C(CCCn1nc(-c2ccc(Br)cc2)ccc1=O)NCc1cccnc1. The van der Waals surface area contributed by atoms with Crippen molar-refractivity contribution in [2.24, 2.45) is 0 Å². The fourth-order valence-corrected chi connectivity index (χ4v) is 2.83. The third kappa shape index (κ3) is 5.59. The molecule has 0 aliphatic rings. The molecule has 1 aromatic carbocycles. The summed E-state index contributed by atoms with van der Waals surface area (Å²) < 4.78 is 2.39. The fraction of sp³-hybridized carbons (Fsp3) is 0.200. The number of nitrogens with zero attached hydrogens (tertiary/aromatic N) is 3. The minimum Gasteiger partial charge on any atom is -0.352 e. The monoisotopic (exact) mass is 426 g/mol. The molecule has 2 heterocycles. The Balaban J connectivity index is 1.54. The second-order valence-corrected chi connectivity index (χ2v) is 6.94. The van der Waals surface area contributed by atoms with E-state index in [-0.39, 0.29) is 11.5 Å². The summed E-state index contributed by atoms with van der Waals surface area (Å²) in [5, 5.41) is 7.26. The summed E-state index contributed by atoms with van der Waals surface area (Å²) in [4.78, 5) is 28.0. The molecule has 0 spiro atoms. The number of aromatic nitrogens is 3. The Morgan fingerprint density at radius 3 is 2.67 bits per heavy atom. The van der Waals surface area contributed by atoms with Crippen molar-refractivity contribution in [1.82, 2.24) is 20.1 Å². The van der Waals surface area contributed by atoms with Crippen molar-refractivity contribution in [3.8, 4) is 11.3 Å². The van der Waals surface area contributed by atoms with Crippen molar-refractivity contribution in [1.29, 1.82) is 0 Å². The summed E-state index contributed by atoms with van der Waals surface area (Å²) in [6, 6.07) is 14.7. The molecule has 0 saturated carbocycles. The van der Waals surface area contributed by atoms with Gasteiger partial charge in [-0.15, -0.1) is 0 Å². The summed E-state index contributed by atoms with van der Waals surface area (Å²) in [5.41, 5.74) is 2.43. The summed E-state index contributed by atoms with van der Waals surface area (Å²) in [5.74, 6) is -0.0593. The number of amides is 1. The number of pyridine rings is 1. The molecule has 1 N–H and O–H groups in total. The zero-order valence-electron chi connectivity index (χ0n) is 14.6. The highest BCUT2D eigenvalue weighted by Crippen LogP contribution is 2.18. The number of carbonyl (C=O) groups is 1. The fourth-order valence-electron chi connectivity index (χ4n) is 2.56. The third-order valence-electron chi connectivity index (χ3n) is 3.99. The Kier molecular flexibility index (Phi) is 6.49. The molecule has 0 atom stereocenters. The number of hydrogen-bond donors (Lipinski definition) is 1. The maximum atomic E-state index is 12.0. The van der Waals surface area contributed by atoms with Crippen LogP contribution in [-0.4, -0.2) is 20.7 Å². The first kappa shape index (κ1) is 19.0. The van der Waals surface area contributed by atoms with Crippen LogP contribution in [0.25, 0.3) is 11.3 Å². The Morgan fingerprint density at radius 2 is 1.93 bits per heavy atom. The van der Waals surface area contributed by atoms with Gasteiger partial charge in [-0.3, -0.25) is 14.6 Å². The lowest BCUT2D eigenvalue weighted by atomic mass is 10.1. The van der Waals surface area contributed by atoms with Crippen LogP contribution in [0.3, 0.4) is 0 Å². The van der Waals surface area contributed by atoms with Crippen LogP contribution >= 0.6 is 15.9 Å². The molecular formula is C20H19BrN4O2. The van der Waals surface area contributed by atoms with Gasteiger partial charge in [0.25, 0.3) is 5.56 Å².